The van der Waals surface area contributed by atoms with Crippen molar-refractivity contribution in [3.8, 4) is 0 Å². The molecule has 0 aliphatic rings. The third-order valence-corrected chi connectivity index (χ3v) is 2.81. The van der Waals surface area contributed by atoms with Crippen molar-refractivity contribution in [2.45, 2.75) is 13.5 Å². The van der Waals surface area contributed by atoms with Crippen LogP contribution in [0.5, 0.6) is 0 Å². The van der Waals surface area contributed by atoms with Gasteiger partial charge in [0.15, 0.2) is 23.3 Å². The summed E-state index contributed by atoms with van der Waals surface area (Å²) >= 11 is 0. The molecule has 0 bridgehead atoms. The average molecular weight is 305 g/mol. The third kappa shape index (κ3) is 2.58. The zero-order valence-electron chi connectivity index (χ0n) is 10.5. The molecule has 1 amide bonds. The molecule has 9 heteroatoms. The topological polar surface area (TPSA) is 57.8 Å². The fourth-order valence-electron chi connectivity index (χ4n) is 1.62. The van der Waals surface area contributed by atoms with Crippen LogP contribution < -0.4 is 5.32 Å². The maximum absolute atomic E-state index is 13.4. The van der Waals surface area contributed by atoms with E-state index in [9.17, 15) is 26.7 Å². The minimum absolute atomic E-state index is 0.180. The molecule has 0 saturated heterocycles. The summed E-state index contributed by atoms with van der Waals surface area (Å²) in [6, 6.07) is 0. The van der Waals surface area contributed by atoms with E-state index in [2.05, 4.69) is 15.5 Å². The van der Waals surface area contributed by atoms with E-state index in [-0.39, 0.29) is 6.54 Å². The summed E-state index contributed by atoms with van der Waals surface area (Å²) in [4.78, 5) is 11.6. The summed E-state index contributed by atoms with van der Waals surface area (Å²) in [5.74, 6) is -12.4. The number of amides is 1. The van der Waals surface area contributed by atoms with Crippen LogP contribution in [0.4, 0.5) is 22.0 Å². The minimum atomic E-state index is -2.31. The summed E-state index contributed by atoms with van der Waals surface area (Å²) in [5, 5.41) is 8.28. The lowest BCUT2D eigenvalue weighted by Gasteiger charge is -2.08. The predicted molar refractivity (Wildman–Crippen MR) is 60.7 cm³/mol. The van der Waals surface area contributed by atoms with E-state index in [1.807, 2.05) is 0 Å². The molecule has 0 atom stereocenters. The van der Waals surface area contributed by atoms with Gasteiger partial charge in [-0.15, -0.1) is 0 Å². The highest BCUT2D eigenvalue weighted by Gasteiger charge is 2.29. The van der Waals surface area contributed by atoms with Crippen molar-refractivity contribution in [3.63, 3.8) is 0 Å². The number of aryl methyl sites for hydroxylation is 1. The average Bonchev–Trinajstić information content (AvgIpc) is 2.86. The van der Waals surface area contributed by atoms with E-state index in [0.717, 1.165) is 0 Å². The van der Waals surface area contributed by atoms with Crippen LogP contribution in [0.1, 0.15) is 21.6 Å². The molecule has 1 aromatic heterocycles. The van der Waals surface area contributed by atoms with Crippen molar-refractivity contribution >= 4 is 5.91 Å². The van der Waals surface area contributed by atoms with Crippen molar-refractivity contribution in [2.24, 2.45) is 0 Å². The Morgan fingerprint density at radius 2 is 1.62 bits per heavy atom. The fourth-order valence-corrected chi connectivity index (χ4v) is 1.62. The Bertz CT molecular complexity index is 684. The van der Waals surface area contributed by atoms with E-state index in [4.69, 9.17) is 0 Å². The predicted octanol–water partition coefficient (Wildman–Crippen LogP) is 2.34. The molecule has 0 radical (unpaired) electrons. The molecule has 112 valence electrons. The van der Waals surface area contributed by atoms with Gasteiger partial charge in [-0.05, 0) is 6.92 Å². The Balaban J connectivity index is 2.30. The van der Waals surface area contributed by atoms with Gasteiger partial charge in [-0.25, -0.2) is 22.0 Å². The number of hydrogen-bond donors (Lipinski definition) is 2. The van der Waals surface area contributed by atoms with E-state index in [1.54, 1.807) is 6.92 Å². The zero-order chi connectivity index (χ0) is 15.7. The quantitative estimate of drug-likeness (QED) is 0.519. The highest BCUT2D eigenvalue weighted by atomic mass is 19.2. The number of hydrogen-bond acceptors (Lipinski definition) is 2. The molecule has 2 rings (SSSR count). The fraction of sp³-hybridized carbons (Fsp3) is 0.167. The lowest BCUT2D eigenvalue weighted by Crippen LogP contribution is -2.26. The summed E-state index contributed by atoms with van der Waals surface area (Å²) < 4.78 is 65.6. The monoisotopic (exact) mass is 305 g/mol. The second-order valence-corrected chi connectivity index (χ2v) is 4.15. The first-order valence-corrected chi connectivity index (χ1v) is 5.63. The number of benzene rings is 1. The van der Waals surface area contributed by atoms with E-state index in [0.29, 0.717) is 11.3 Å². The number of aromatic amines is 1. The molecule has 0 aliphatic heterocycles. The standard InChI is InChI=1S/C12H8F5N3O/c1-4-5(3-19-20-4)2-18-12(21)6-7(13)9(15)11(17)10(16)8(6)14/h3H,2H2,1H3,(H,18,21)(H,19,20). The highest BCUT2D eigenvalue weighted by molar-refractivity contribution is 5.94. The summed E-state index contributed by atoms with van der Waals surface area (Å²) in [7, 11) is 0. The van der Waals surface area contributed by atoms with Gasteiger partial charge in [0.05, 0.1) is 6.20 Å². The lowest BCUT2D eigenvalue weighted by molar-refractivity contribution is 0.0939. The molecule has 0 unspecified atom stereocenters. The first-order chi connectivity index (χ1) is 9.84. The molecule has 21 heavy (non-hydrogen) atoms. The molecule has 2 aromatic rings. The van der Waals surface area contributed by atoms with Crippen molar-refractivity contribution < 1.29 is 26.7 Å². The Morgan fingerprint density at radius 3 is 2.10 bits per heavy atom. The van der Waals surface area contributed by atoms with Gasteiger partial charge in [0.1, 0.15) is 5.56 Å². The molecule has 0 saturated carbocycles. The van der Waals surface area contributed by atoms with Gasteiger partial charge < -0.3 is 5.32 Å². The Hall–Kier alpha value is -2.45. The molecule has 1 aromatic carbocycles. The molecule has 4 nitrogen and oxygen atoms in total. The number of rotatable bonds is 3. The van der Waals surface area contributed by atoms with Crippen LogP contribution in [0.2, 0.25) is 0 Å². The summed E-state index contributed by atoms with van der Waals surface area (Å²) in [6.07, 6.45) is 1.36. The zero-order valence-corrected chi connectivity index (χ0v) is 10.5. The number of H-pyrrole nitrogens is 1. The van der Waals surface area contributed by atoms with Crippen molar-refractivity contribution in [1.29, 1.82) is 0 Å². The summed E-state index contributed by atoms with van der Waals surface area (Å²) in [5.41, 5.74) is -0.424. The van der Waals surface area contributed by atoms with Crippen LogP contribution in [0.15, 0.2) is 6.20 Å². The van der Waals surface area contributed by atoms with Crippen LogP contribution in [-0.2, 0) is 6.54 Å². The van der Waals surface area contributed by atoms with Gasteiger partial charge in [-0.1, -0.05) is 0 Å². The van der Waals surface area contributed by atoms with Gasteiger partial charge in [0.2, 0.25) is 5.82 Å². The smallest absolute Gasteiger partial charge is 0.257 e. The maximum Gasteiger partial charge on any atom is 0.257 e. The number of carbonyl (C=O) groups is 1. The first kappa shape index (κ1) is 14.9. The normalized spacial score (nSPS) is 10.8. The number of carbonyl (C=O) groups excluding carboxylic acids is 1. The second-order valence-electron chi connectivity index (χ2n) is 4.15. The minimum Gasteiger partial charge on any atom is -0.348 e. The molecule has 0 aliphatic carbocycles. The summed E-state index contributed by atoms with van der Waals surface area (Å²) in [6.45, 7) is 1.45. The maximum atomic E-state index is 13.4. The Morgan fingerprint density at radius 1 is 1.10 bits per heavy atom. The Labute approximate surface area is 115 Å². The van der Waals surface area contributed by atoms with Crippen LogP contribution >= 0.6 is 0 Å². The second kappa shape index (κ2) is 5.51. The van der Waals surface area contributed by atoms with Gasteiger partial charge >= 0.3 is 0 Å². The van der Waals surface area contributed by atoms with Crippen LogP contribution in [0, 0.1) is 36.0 Å². The van der Waals surface area contributed by atoms with Crippen molar-refractivity contribution in [2.75, 3.05) is 0 Å². The van der Waals surface area contributed by atoms with Gasteiger partial charge in [0, 0.05) is 17.8 Å². The van der Waals surface area contributed by atoms with Gasteiger partial charge in [0.25, 0.3) is 5.91 Å². The third-order valence-electron chi connectivity index (χ3n) is 2.81. The molecular formula is C12H8F5N3O. The number of nitrogens with zero attached hydrogens (tertiary/aromatic N) is 1. The van der Waals surface area contributed by atoms with Crippen molar-refractivity contribution in [1.82, 2.24) is 15.5 Å². The van der Waals surface area contributed by atoms with E-state index >= 15 is 0 Å². The van der Waals surface area contributed by atoms with Crippen LogP contribution in [0.3, 0.4) is 0 Å². The molecular weight excluding hydrogens is 297 g/mol. The molecule has 0 spiro atoms. The molecule has 0 fully saturated rings. The molecule has 2 N–H and O–H groups in total. The lowest BCUT2D eigenvalue weighted by atomic mass is 10.1. The van der Waals surface area contributed by atoms with E-state index in [1.165, 1.54) is 6.20 Å². The number of nitrogens with one attached hydrogen (secondary N) is 2. The van der Waals surface area contributed by atoms with Gasteiger partial charge in [-0.2, -0.15) is 5.10 Å². The number of aromatic nitrogens is 2. The van der Waals surface area contributed by atoms with Crippen LogP contribution in [-0.4, -0.2) is 16.1 Å². The molecule has 1 heterocycles. The largest absolute Gasteiger partial charge is 0.348 e. The van der Waals surface area contributed by atoms with E-state index < -0.39 is 40.6 Å². The number of halogens is 5. The van der Waals surface area contributed by atoms with Gasteiger partial charge in [-0.3, -0.25) is 9.89 Å². The van der Waals surface area contributed by atoms with Crippen molar-refractivity contribution in [3.05, 3.63) is 52.1 Å². The Kier molecular flexibility index (Phi) is 3.92. The first-order valence-electron chi connectivity index (χ1n) is 5.63. The SMILES string of the molecule is Cc1[nH]ncc1CNC(=O)c1c(F)c(F)c(F)c(F)c1F. The van der Waals surface area contributed by atoms with Crippen LogP contribution in [0.25, 0.3) is 0 Å². The highest BCUT2D eigenvalue weighted by Crippen LogP contribution is 2.23.